The van der Waals surface area contributed by atoms with Gasteiger partial charge in [0, 0.05) is 22.0 Å². The van der Waals surface area contributed by atoms with Gasteiger partial charge in [-0.25, -0.2) is 4.98 Å². The number of halogens is 1. The first kappa shape index (κ1) is 21.2. The summed E-state index contributed by atoms with van der Waals surface area (Å²) in [6.45, 7) is 4.08. The van der Waals surface area contributed by atoms with Crippen LogP contribution in [0.4, 0.5) is 5.69 Å². The molecule has 1 aromatic heterocycles. The van der Waals surface area contributed by atoms with Crippen molar-refractivity contribution in [3.05, 3.63) is 95.1 Å². The van der Waals surface area contributed by atoms with E-state index in [2.05, 4.69) is 46.1 Å². The van der Waals surface area contributed by atoms with Crippen LogP contribution in [-0.4, -0.2) is 21.2 Å². The number of aryl methyl sites for hydroxylation is 2. The first-order chi connectivity index (χ1) is 15.0. The molecule has 1 heterocycles. The van der Waals surface area contributed by atoms with Gasteiger partial charge in [-0.3, -0.25) is 9.36 Å². The van der Waals surface area contributed by atoms with Gasteiger partial charge in [0.25, 0.3) is 0 Å². The van der Waals surface area contributed by atoms with Gasteiger partial charge < -0.3 is 5.32 Å². The van der Waals surface area contributed by atoms with Crippen molar-refractivity contribution >= 4 is 35.0 Å². The lowest BCUT2D eigenvalue weighted by atomic mass is 10.1. The minimum Gasteiger partial charge on any atom is -0.325 e. The van der Waals surface area contributed by atoms with Gasteiger partial charge in [0.2, 0.25) is 5.91 Å². The van der Waals surface area contributed by atoms with Crippen molar-refractivity contribution in [1.29, 1.82) is 0 Å². The van der Waals surface area contributed by atoms with Crippen LogP contribution in [0.25, 0.3) is 16.9 Å². The van der Waals surface area contributed by atoms with Crippen LogP contribution in [0.2, 0.25) is 5.02 Å². The van der Waals surface area contributed by atoms with E-state index in [0.717, 1.165) is 33.4 Å². The maximum Gasteiger partial charge on any atom is 0.234 e. The molecule has 4 aromatic rings. The second kappa shape index (κ2) is 9.41. The summed E-state index contributed by atoms with van der Waals surface area (Å²) in [5, 5.41) is 4.36. The molecule has 1 N–H and O–H groups in total. The van der Waals surface area contributed by atoms with Crippen molar-refractivity contribution in [2.45, 2.75) is 19.0 Å². The summed E-state index contributed by atoms with van der Waals surface area (Å²) in [7, 11) is 0. The maximum atomic E-state index is 12.5. The van der Waals surface area contributed by atoms with Crippen LogP contribution in [0.15, 0.2) is 84.1 Å². The van der Waals surface area contributed by atoms with Crippen molar-refractivity contribution in [3.63, 3.8) is 0 Å². The van der Waals surface area contributed by atoms with Crippen LogP contribution in [0, 0.1) is 13.8 Å². The van der Waals surface area contributed by atoms with E-state index in [0.29, 0.717) is 5.02 Å². The fraction of sp³-hybridized carbons (Fsp3) is 0.120. The molecule has 6 heteroatoms. The molecule has 0 saturated heterocycles. The Hall–Kier alpha value is -3.02. The third kappa shape index (κ3) is 5.19. The largest absolute Gasteiger partial charge is 0.325 e. The monoisotopic (exact) mass is 447 g/mol. The Balaban J connectivity index is 1.59. The second-order valence-electron chi connectivity index (χ2n) is 7.31. The molecule has 31 heavy (non-hydrogen) atoms. The van der Waals surface area contributed by atoms with Crippen LogP contribution in [0.5, 0.6) is 0 Å². The Labute approximate surface area is 191 Å². The van der Waals surface area contributed by atoms with E-state index in [-0.39, 0.29) is 11.7 Å². The van der Waals surface area contributed by atoms with Crippen LogP contribution < -0.4 is 5.32 Å². The number of hydrogen-bond donors (Lipinski definition) is 1. The second-order valence-corrected chi connectivity index (χ2v) is 8.69. The number of nitrogens with one attached hydrogen (secondary N) is 1. The van der Waals surface area contributed by atoms with E-state index >= 15 is 0 Å². The first-order valence-electron chi connectivity index (χ1n) is 9.89. The highest BCUT2D eigenvalue weighted by atomic mass is 35.5. The number of rotatable bonds is 6. The van der Waals surface area contributed by atoms with Crippen molar-refractivity contribution < 1.29 is 4.79 Å². The van der Waals surface area contributed by atoms with Gasteiger partial charge in [0.05, 0.1) is 17.6 Å². The SMILES string of the molecule is Cc1ccc(NC(=O)CSc2ncc(-c3ccc(C)cc3)n2-c2ccc(Cl)cc2)cc1. The van der Waals surface area contributed by atoms with E-state index < -0.39 is 0 Å². The van der Waals surface area contributed by atoms with E-state index in [9.17, 15) is 4.79 Å². The lowest BCUT2D eigenvalue weighted by molar-refractivity contribution is -0.113. The molecule has 0 spiro atoms. The average Bonchev–Trinajstić information content (AvgIpc) is 3.19. The minimum atomic E-state index is -0.0728. The summed E-state index contributed by atoms with van der Waals surface area (Å²) in [4.78, 5) is 17.1. The molecule has 0 aliphatic rings. The predicted molar refractivity (Wildman–Crippen MR) is 129 cm³/mol. The Morgan fingerprint density at radius 2 is 1.55 bits per heavy atom. The van der Waals surface area contributed by atoms with E-state index in [1.54, 1.807) is 0 Å². The number of carbonyl (C=O) groups is 1. The summed E-state index contributed by atoms with van der Waals surface area (Å²) in [5.74, 6) is 0.183. The molecule has 1 amide bonds. The number of nitrogens with zero attached hydrogens (tertiary/aromatic N) is 2. The molecule has 0 radical (unpaired) electrons. The molecule has 0 saturated carbocycles. The Bertz CT molecular complexity index is 1180. The van der Waals surface area contributed by atoms with Crippen molar-refractivity contribution in [2.75, 3.05) is 11.1 Å². The highest BCUT2D eigenvalue weighted by Crippen LogP contribution is 2.30. The number of imidazole rings is 1. The van der Waals surface area contributed by atoms with Gasteiger partial charge in [0.15, 0.2) is 5.16 Å². The van der Waals surface area contributed by atoms with Crippen LogP contribution in [0.1, 0.15) is 11.1 Å². The zero-order valence-corrected chi connectivity index (χ0v) is 18.9. The van der Waals surface area contributed by atoms with Gasteiger partial charge in [-0.1, -0.05) is 70.9 Å². The molecule has 0 aliphatic carbocycles. The van der Waals surface area contributed by atoms with Crippen molar-refractivity contribution in [3.8, 4) is 16.9 Å². The molecule has 0 atom stereocenters. The van der Waals surface area contributed by atoms with Gasteiger partial charge in [-0.05, 0) is 50.2 Å². The Morgan fingerprint density at radius 3 is 2.19 bits per heavy atom. The highest BCUT2D eigenvalue weighted by molar-refractivity contribution is 7.99. The van der Waals surface area contributed by atoms with Crippen molar-refractivity contribution in [1.82, 2.24) is 9.55 Å². The summed E-state index contributed by atoms with van der Waals surface area (Å²) in [6.07, 6.45) is 1.85. The van der Waals surface area contributed by atoms with Crippen LogP contribution >= 0.6 is 23.4 Å². The van der Waals surface area contributed by atoms with E-state index in [4.69, 9.17) is 11.6 Å². The fourth-order valence-electron chi connectivity index (χ4n) is 3.17. The number of anilines is 1. The zero-order valence-electron chi connectivity index (χ0n) is 17.3. The summed E-state index contributed by atoms with van der Waals surface area (Å²) in [6, 6.07) is 23.7. The standard InChI is InChI=1S/C25H22ClN3OS/c1-17-3-7-19(8-4-17)23-15-27-25(29(23)22-13-9-20(26)10-14-22)31-16-24(30)28-21-11-5-18(2)6-12-21/h3-15H,16H2,1-2H3,(H,28,30). The molecule has 156 valence electrons. The normalized spacial score (nSPS) is 10.8. The zero-order chi connectivity index (χ0) is 21.8. The number of hydrogen-bond acceptors (Lipinski definition) is 3. The molecule has 0 bridgehead atoms. The van der Waals surface area contributed by atoms with Crippen LogP contribution in [0.3, 0.4) is 0 Å². The third-order valence-electron chi connectivity index (χ3n) is 4.83. The number of aromatic nitrogens is 2. The molecule has 4 nitrogen and oxygen atoms in total. The van der Waals surface area contributed by atoms with E-state index in [1.165, 1.54) is 17.3 Å². The topological polar surface area (TPSA) is 46.9 Å². The number of amides is 1. The quantitative estimate of drug-likeness (QED) is 0.341. The molecule has 0 aliphatic heterocycles. The minimum absolute atomic E-state index is 0.0728. The summed E-state index contributed by atoms with van der Waals surface area (Å²) in [5.41, 5.74) is 6.11. The predicted octanol–water partition coefficient (Wildman–Crippen LogP) is 6.54. The maximum absolute atomic E-state index is 12.5. The van der Waals surface area contributed by atoms with Crippen molar-refractivity contribution in [2.24, 2.45) is 0 Å². The van der Waals surface area contributed by atoms with Crippen LogP contribution in [-0.2, 0) is 4.79 Å². The fourth-order valence-corrected chi connectivity index (χ4v) is 4.09. The Morgan fingerprint density at radius 1 is 0.935 bits per heavy atom. The molecular weight excluding hydrogens is 426 g/mol. The van der Waals surface area contributed by atoms with Gasteiger partial charge in [0.1, 0.15) is 0 Å². The number of thioether (sulfide) groups is 1. The average molecular weight is 448 g/mol. The molecule has 0 fully saturated rings. The number of benzene rings is 3. The number of carbonyl (C=O) groups excluding carboxylic acids is 1. The van der Waals surface area contributed by atoms with Gasteiger partial charge >= 0.3 is 0 Å². The molecule has 4 rings (SSSR count). The summed E-state index contributed by atoms with van der Waals surface area (Å²) >= 11 is 7.50. The lowest BCUT2D eigenvalue weighted by Crippen LogP contribution is -2.14. The lowest BCUT2D eigenvalue weighted by Gasteiger charge is -2.13. The smallest absolute Gasteiger partial charge is 0.234 e. The van der Waals surface area contributed by atoms with E-state index in [1.807, 2.05) is 61.7 Å². The summed E-state index contributed by atoms with van der Waals surface area (Å²) < 4.78 is 2.06. The molecule has 0 unspecified atom stereocenters. The van der Waals surface area contributed by atoms with Gasteiger partial charge in [-0.15, -0.1) is 0 Å². The molecule has 3 aromatic carbocycles. The highest BCUT2D eigenvalue weighted by Gasteiger charge is 2.16. The van der Waals surface area contributed by atoms with Gasteiger partial charge in [-0.2, -0.15) is 0 Å². The third-order valence-corrected chi connectivity index (χ3v) is 6.03. The first-order valence-corrected chi connectivity index (χ1v) is 11.3. The Kier molecular flexibility index (Phi) is 6.44. The molecular formula is C25H22ClN3OS.